The first-order chi connectivity index (χ1) is 12.2. The van der Waals surface area contributed by atoms with Gasteiger partial charge in [0.05, 0.1) is 18.2 Å². The third-order valence-electron chi connectivity index (χ3n) is 5.76. The van der Waals surface area contributed by atoms with Crippen LogP contribution in [-0.2, 0) is 11.8 Å². The number of anilines is 1. The van der Waals surface area contributed by atoms with Gasteiger partial charge in [-0.1, -0.05) is 0 Å². The van der Waals surface area contributed by atoms with Gasteiger partial charge >= 0.3 is 0 Å². The monoisotopic (exact) mass is 339 g/mol. The van der Waals surface area contributed by atoms with Crippen molar-refractivity contribution in [2.75, 3.05) is 31.3 Å². The molecule has 0 unspecified atom stereocenters. The fourth-order valence-corrected chi connectivity index (χ4v) is 4.50. The Morgan fingerprint density at radius 3 is 2.88 bits per heavy atom. The lowest BCUT2D eigenvalue weighted by Gasteiger charge is -2.59. The van der Waals surface area contributed by atoms with Gasteiger partial charge in [-0.2, -0.15) is 0 Å². The van der Waals surface area contributed by atoms with E-state index in [-0.39, 0.29) is 19.4 Å². The van der Waals surface area contributed by atoms with Crippen molar-refractivity contribution in [2.24, 2.45) is 12.5 Å². The summed E-state index contributed by atoms with van der Waals surface area (Å²) in [5.41, 5.74) is 2.52. The van der Waals surface area contributed by atoms with Crippen molar-refractivity contribution < 1.29 is 9.13 Å². The van der Waals surface area contributed by atoms with Crippen molar-refractivity contribution in [3.05, 3.63) is 30.6 Å². The normalized spacial score (nSPS) is 19.5. The second kappa shape index (κ2) is 5.39. The molecule has 4 heterocycles. The molecule has 2 aliphatic rings. The van der Waals surface area contributed by atoms with Gasteiger partial charge in [0.2, 0.25) is 0 Å². The first-order valence-corrected chi connectivity index (χ1v) is 8.81. The van der Waals surface area contributed by atoms with Crippen LogP contribution in [0.3, 0.4) is 0 Å². The number of alkyl halides is 1. The fraction of sp³-hybridized carbons (Fsp3) is 0.474. The SMILES string of the molecule is Cn1c2ccncc2c2ccc(N3CC4(CC(OCC[18F])C4)C3)nc21. The first kappa shape index (κ1) is 15.1. The first-order valence-electron chi connectivity index (χ1n) is 8.81. The van der Waals surface area contributed by atoms with Gasteiger partial charge < -0.3 is 14.2 Å². The number of nitrogens with zero attached hydrogens (tertiary/aromatic N) is 4. The van der Waals surface area contributed by atoms with Crippen molar-refractivity contribution in [3.8, 4) is 0 Å². The summed E-state index contributed by atoms with van der Waals surface area (Å²) in [6.07, 6.45) is 6.07. The van der Waals surface area contributed by atoms with E-state index in [9.17, 15) is 4.39 Å². The van der Waals surface area contributed by atoms with E-state index in [0.29, 0.717) is 5.41 Å². The van der Waals surface area contributed by atoms with Crippen LogP contribution in [0.2, 0.25) is 0 Å². The Morgan fingerprint density at radius 2 is 2.08 bits per heavy atom. The van der Waals surface area contributed by atoms with Crippen LogP contribution in [-0.4, -0.2) is 47.0 Å². The molecule has 1 saturated heterocycles. The minimum atomic E-state index is -0.389. The lowest BCUT2D eigenvalue weighted by molar-refractivity contribution is -0.0950. The van der Waals surface area contributed by atoms with E-state index < -0.39 is 0 Å². The molecular weight excluding hydrogens is 318 g/mol. The van der Waals surface area contributed by atoms with Crippen LogP contribution in [0.5, 0.6) is 0 Å². The third kappa shape index (κ3) is 2.24. The summed E-state index contributed by atoms with van der Waals surface area (Å²) < 4.78 is 19.8. The number of hydrogen-bond donors (Lipinski definition) is 0. The number of halogens is 1. The van der Waals surface area contributed by atoms with Crippen LogP contribution in [0.4, 0.5) is 10.2 Å². The van der Waals surface area contributed by atoms with E-state index >= 15 is 0 Å². The number of ether oxygens (including phenoxy) is 1. The van der Waals surface area contributed by atoms with Gasteiger partial charge in [-0.15, -0.1) is 0 Å². The summed E-state index contributed by atoms with van der Waals surface area (Å²) >= 11 is 0. The molecule has 0 aromatic carbocycles. The Labute approximate surface area is 145 Å². The van der Waals surface area contributed by atoms with Crippen LogP contribution < -0.4 is 4.90 Å². The van der Waals surface area contributed by atoms with Crippen LogP contribution >= 0.6 is 0 Å². The molecule has 0 amide bonds. The highest BCUT2D eigenvalue weighted by molar-refractivity contribution is 6.06. The van der Waals surface area contributed by atoms with E-state index in [2.05, 4.69) is 33.6 Å². The molecule has 130 valence electrons. The number of fused-ring (bicyclic) bond motifs is 3. The molecule has 1 spiro atoms. The van der Waals surface area contributed by atoms with Crippen molar-refractivity contribution >= 4 is 27.8 Å². The minimum absolute atomic E-state index is 0.235. The molecular formula is C19H21FN4O. The van der Waals surface area contributed by atoms with E-state index in [1.807, 2.05) is 18.5 Å². The van der Waals surface area contributed by atoms with Crippen molar-refractivity contribution in [1.82, 2.24) is 14.5 Å². The van der Waals surface area contributed by atoms with E-state index in [0.717, 1.165) is 53.7 Å². The topological polar surface area (TPSA) is 43.2 Å². The molecule has 1 saturated carbocycles. The average molecular weight is 339 g/mol. The summed E-state index contributed by atoms with van der Waals surface area (Å²) in [4.78, 5) is 11.5. The zero-order chi connectivity index (χ0) is 17.0. The number of aryl methyl sites for hydroxylation is 1. The predicted molar refractivity (Wildman–Crippen MR) is 95.6 cm³/mol. The molecule has 5 rings (SSSR count). The van der Waals surface area contributed by atoms with Gasteiger partial charge in [0.25, 0.3) is 0 Å². The van der Waals surface area contributed by atoms with Crippen molar-refractivity contribution in [2.45, 2.75) is 18.9 Å². The quantitative estimate of drug-likeness (QED) is 0.733. The van der Waals surface area contributed by atoms with E-state index in [1.54, 1.807) is 0 Å². The second-order valence-corrected chi connectivity index (χ2v) is 7.44. The molecule has 25 heavy (non-hydrogen) atoms. The lowest BCUT2D eigenvalue weighted by Crippen LogP contribution is -2.64. The molecule has 1 aliphatic carbocycles. The van der Waals surface area contributed by atoms with Gasteiger partial charge in [0.15, 0.2) is 0 Å². The Morgan fingerprint density at radius 1 is 1.24 bits per heavy atom. The van der Waals surface area contributed by atoms with Crippen LogP contribution in [0.15, 0.2) is 30.6 Å². The van der Waals surface area contributed by atoms with Crippen molar-refractivity contribution in [1.29, 1.82) is 0 Å². The molecule has 1 aliphatic heterocycles. The molecule has 5 nitrogen and oxygen atoms in total. The predicted octanol–water partition coefficient (Wildman–Crippen LogP) is 3.08. The summed E-state index contributed by atoms with van der Waals surface area (Å²) in [7, 11) is 2.05. The number of pyridine rings is 2. The van der Waals surface area contributed by atoms with Crippen LogP contribution in [0.25, 0.3) is 21.9 Å². The number of hydrogen-bond acceptors (Lipinski definition) is 4. The maximum absolute atomic E-state index is 12.2. The van der Waals surface area contributed by atoms with Gasteiger partial charge in [-0.25, -0.2) is 9.37 Å². The molecule has 0 atom stereocenters. The maximum Gasteiger partial charge on any atom is 0.143 e. The third-order valence-corrected chi connectivity index (χ3v) is 5.76. The highest BCUT2D eigenvalue weighted by Gasteiger charge is 2.53. The molecule has 6 heteroatoms. The molecule has 0 N–H and O–H groups in total. The van der Waals surface area contributed by atoms with E-state index in [1.165, 1.54) is 0 Å². The highest BCUT2D eigenvalue weighted by Crippen LogP contribution is 2.50. The van der Waals surface area contributed by atoms with Crippen LogP contribution in [0.1, 0.15) is 12.8 Å². The average Bonchev–Trinajstić information content (AvgIpc) is 2.85. The molecule has 3 aromatic rings. The summed E-state index contributed by atoms with van der Waals surface area (Å²) in [6, 6.07) is 6.29. The zero-order valence-corrected chi connectivity index (χ0v) is 14.3. The molecule has 0 bridgehead atoms. The second-order valence-electron chi connectivity index (χ2n) is 7.44. The van der Waals surface area contributed by atoms with Gasteiger partial charge in [0.1, 0.15) is 18.1 Å². The fourth-order valence-electron chi connectivity index (χ4n) is 4.50. The number of aromatic nitrogens is 3. The summed E-state index contributed by atoms with van der Waals surface area (Å²) in [5.74, 6) is 1.03. The minimum Gasteiger partial charge on any atom is -0.375 e. The van der Waals surface area contributed by atoms with Gasteiger partial charge in [-0.3, -0.25) is 4.98 Å². The van der Waals surface area contributed by atoms with Crippen LogP contribution in [0, 0.1) is 5.41 Å². The maximum atomic E-state index is 12.2. The summed E-state index contributed by atoms with van der Waals surface area (Å²) in [6.45, 7) is 1.89. The zero-order valence-electron chi connectivity index (χ0n) is 14.3. The Hall–Kier alpha value is -2.21. The lowest BCUT2D eigenvalue weighted by atomic mass is 9.62. The standard InChI is InChI=1S/C19H21FN4O/c1-23-16-4-6-21-10-15(16)14-2-3-17(22-18(14)23)24-11-19(12-24)8-13(9-19)25-7-5-20/h2-4,6,10,13H,5,7-9,11-12H2,1H3/i20-1. The molecule has 2 fully saturated rings. The number of rotatable bonds is 4. The largest absolute Gasteiger partial charge is 0.375 e. The van der Waals surface area contributed by atoms with Gasteiger partial charge in [-0.05, 0) is 31.0 Å². The van der Waals surface area contributed by atoms with E-state index in [4.69, 9.17) is 9.72 Å². The Bertz CT molecular complexity index is 939. The molecule has 0 radical (unpaired) electrons. The van der Waals surface area contributed by atoms with Gasteiger partial charge in [0, 0.05) is 48.7 Å². The molecule has 3 aromatic heterocycles. The van der Waals surface area contributed by atoms with Crippen molar-refractivity contribution in [3.63, 3.8) is 0 Å². The Balaban J connectivity index is 1.35. The summed E-state index contributed by atoms with van der Waals surface area (Å²) in [5, 5.41) is 2.29. The highest BCUT2D eigenvalue weighted by atomic mass is 18.2. The smallest absolute Gasteiger partial charge is 0.143 e. The Kier molecular flexibility index (Phi) is 3.25.